The molecule has 2 rings (SSSR count). The van der Waals surface area contributed by atoms with Crippen LogP contribution in [0.2, 0.25) is 0 Å². The maximum absolute atomic E-state index is 5.48. The predicted molar refractivity (Wildman–Crippen MR) is 75.5 cm³/mol. The van der Waals surface area contributed by atoms with Crippen molar-refractivity contribution in [2.75, 3.05) is 11.9 Å². The van der Waals surface area contributed by atoms with Gasteiger partial charge in [0.1, 0.15) is 0 Å². The minimum absolute atomic E-state index is 0.0453. The lowest BCUT2D eigenvalue weighted by Crippen LogP contribution is -2.13. The van der Waals surface area contributed by atoms with Gasteiger partial charge < -0.3 is 15.5 Å². The lowest BCUT2D eigenvalue weighted by atomic mass is 9.86. The molecule has 0 fully saturated rings. The topological polar surface area (TPSA) is 77.0 Å². The molecule has 0 aliphatic carbocycles. The summed E-state index contributed by atoms with van der Waals surface area (Å²) in [5.74, 6) is 0.554. The van der Waals surface area contributed by atoms with Crippen LogP contribution in [-0.4, -0.2) is 16.7 Å². The van der Waals surface area contributed by atoms with E-state index in [9.17, 15) is 0 Å². The molecule has 5 heteroatoms. The van der Waals surface area contributed by atoms with Gasteiger partial charge in [0, 0.05) is 18.7 Å². The van der Waals surface area contributed by atoms with Crippen LogP contribution >= 0.6 is 0 Å². The second-order valence-corrected chi connectivity index (χ2v) is 5.46. The van der Waals surface area contributed by atoms with Gasteiger partial charge in [-0.2, -0.15) is 0 Å². The number of nitrogens with two attached hydrogens (primary N) is 1. The summed E-state index contributed by atoms with van der Waals surface area (Å²) in [6.45, 7) is 7.00. The Morgan fingerprint density at radius 1 is 1.21 bits per heavy atom. The molecule has 1 aromatic carbocycles. The highest BCUT2D eigenvalue weighted by molar-refractivity contribution is 5.59. The highest BCUT2D eigenvalue weighted by Crippen LogP contribution is 2.30. The van der Waals surface area contributed by atoms with E-state index >= 15 is 0 Å². The Hall–Kier alpha value is -1.88. The van der Waals surface area contributed by atoms with E-state index in [0.717, 1.165) is 5.69 Å². The molecular formula is C14H20N4O. The average molecular weight is 260 g/mol. The third-order valence-corrected chi connectivity index (χ3v) is 2.80. The van der Waals surface area contributed by atoms with Gasteiger partial charge in [-0.3, -0.25) is 0 Å². The molecule has 0 atom stereocenters. The Kier molecular flexibility index (Phi) is 3.85. The van der Waals surface area contributed by atoms with Gasteiger partial charge in [-0.05, 0) is 17.0 Å². The molecule has 0 amide bonds. The number of benzene rings is 1. The molecule has 0 unspecified atom stereocenters. The zero-order valence-electron chi connectivity index (χ0n) is 11.6. The quantitative estimate of drug-likeness (QED) is 0.883. The summed E-state index contributed by atoms with van der Waals surface area (Å²) in [6.07, 6.45) is 0.593. The van der Waals surface area contributed by atoms with Crippen LogP contribution < -0.4 is 11.1 Å². The van der Waals surface area contributed by atoms with Crippen LogP contribution in [0.5, 0.6) is 0 Å². The van der Waals surface area contributed by atoms with Gasteiger partial charge in [0.25, 0.3) is 0 Å². The molecule has 102 valence electrons. The van der Waals surface area contributed by atoms with Gasteiger partial charge in [-0.1, -0.05) is 44.1 Å². The largest absolute Gasteiger partial charge is 0.408 e. The van der Waals surface area contributed by atoms with Crippen LogP contribution in [0.4, 0.5) is 11.7 Å². The van der Waals surface area contributed by atoms with Crippen LogP contribution in [0.3, 0.4) is 0 Å². The summed E-state index contributed by atoms with van der Waals surface area (Å²) >= 11 is 0. The number of anilines is 2. The Balaban J connectivity index is 2.23. The number of nitrogens with zero attached hydrogens (tertiary/aromatic N) is 2. The smallest absolute Gasteiger partial charge is 0.320 e. The summed E-state index contributed by atoms with van der Waals surface area (Å²) in [5, 5.41) is 11.1. The molecule has 0 saturated carbocycles. The fraction of sp³-hybridized carbons (Fsp3) is 0.429. The van der Waals surface area contributed by atoms with Gasteiger partial charge in [0.05, 0.1) is 0 Å². The zero-order valence-corrected chi connectivity index (χ0v) is 11.6. The molecule has 1 heterocycles. The molecule has 19 heavy (non-hydrogen) atoms. The molecule has 0 spiro atoms. The summed E-state index contributed by atoms with van der Waals surface area (Å²) in [6, 6.07) is 8.52. The summed E-state index contributed by atoms with van der Waals surface area (Å²) in [5.41, 5.74) is 7.69. The number of para-hydroxylation sites is 1. The molecule has 0 saturated heterocycles. The van der Waals surface area contributed by atoms with Gasteiger partial charge in [0.15, 0.2) is 0 Å². The molecule has 0 radical (unpaired) electrons. The van der Waals surface area contributed by atoms with Crippen LogP contribution in [-0.2, 0) is 11.8 Å². The molecule has 0 aliphatic rings. The SMILES string of the molecule is CC(C)(C)c1ccccc1Nc1nnc(CCN)o1. The number of nitrogens with one attached hydrogen (secondary N) is 1. The highest BCUT2D eigenvalue weighted by atomic mass is 16.4. The minimum atomic E-state index is 0.0453. The van der Waals surface area contributed by atoms with Crippen molar-refractivity contribution in [2.24, 2.45) is 5.73 Å². The Morgan fingerprint density at radius 2 is 1.95 bits per heavy atom. The first-order valence-electron chi connectivity index (χ1n) is 6.39. The third kappa shape index (κ3) is 3.32. The van der Waals surface area contributed by atoms with Crippen molar-refractivity contribution in [1.82, 2.24) is 10.2 Å². The van der Waals surface area contributed by atoms with Crippen LogP contribution in [0, 0.1) is 0 Å². The van der Waals surface area contributed by atoms with E-state index in [1.807, 2.05) is 18.2 Å². The van der Waals surface area contributed by atoms with E-state index in [-0.39, 0.29) is 5.41 Å². The summed E-state index contributed by atoms with van der Waals surface area (Å²) in [7, 11) is 0. The van der Waals surface area contributed by atoms with Gasteiger partial charge >= 0.3 is 6.01 Å². The van der Waals surface area contributed by atoms with Crippen LogP contribution in [0.15, 0.2) is 28.7 Å². The monoisotopic (exact) mass is 260 g/mol. The first-order chi connectivity index (χ1) is 9.00. The fourth-order valence-corrected chi connectivity index (χ4v) is 1.89. The van der Waals surface area contributed by atoms with E-state index in [2.05, 4.69) is 42.4 Å². The van der Waals surface area contributed by atoms with E-state index in [0.29, 0.717) is 24.9 Å². The summed E-state index contributed by atoms with van der Waals surface area (Å²) < 4.78 is 5.48. The second kappa shape index (κ2) is 5.40. The van der Waals surface area contributed by atoms with E-state index < -0.39 is 0 Å². The van der Waals surface area contributed by atoms with Crippen molar-refractivity contribution in [2.45, 2.75) is 32.6 Å². The molecule has 3 N–H and O–H groups in total. The molecule has 0 aliphatic heterocycles. The lowest BCUT2D eigenvalue weighted by molar-refractivity contribution is 0.509. The molecule has 2 aromatic rings. The fourth-order valence-electron chi connectivity index (χ4n) is 1.89. The van der Waals surface area contributed by atoms with Crippen LogP contribution in [0.1, 0.15) is 32.2 Å². The average Bonchev–Trinajstić information content (AvgIpc) is 2.76. The maximum Gasteiger partial charge on any atom is 0.320 e. The number of hydrogen-bond donors (Lipinski definition) is 2. The minimum Gasteiger partial charge on any atom is -0.408 e. The maximum atomic E-state index is 5.48. The van der Waals surface area contributed by atoms with Crippen molar-refractivity contribution in [1.29, 1.82) is 0 Å². The molecule has 1 aromatic heterocycles. The standard InChI is InChI=1S/C14H20N4O/c1-14(2,3)10-6-4-5-7-11(10)16-13-18-17-12(19-13)8-9-15/h4-7H,8-9,15H2,1-3H3,(H,16,18). The Bertz CT molecular complexity index is 542. The van der Waals surface area contributed by atoms with Gasteiger partial charge in [-0.25, -0.2) is 0 Å². The highest BCUT2D eigenvalue weighted by Gasteiger charge is 2.18. The first-order valence-corrected chi connectivity index (χ1v) is 6.39. The number of hydrogen-bond acceptors (Lipinski definition) is 5. The lowest BCUT2D eigenvalue weighted by Gasteiger charge is -2.22. The van der Waals surface area contributed by atoms with Crippen LogP contribution in [0.25, 0.3) is 0 Å². The number of aromatic nitrogens is 2. The molecule has 5 nitrogen and oxygen atoms in total. The second-order valence-electron chi connectivity index (χ2n) is 5.46. The van der Waals surface area contributed by atoms with E-state index in [4.69, 9.17) is 10.2 Å². The van der Waals surface area contributed by atoms with E-state index in [1.54, 1.807) is 0 Å². The zero-order chi connectivity index (χ0) is 13.9. The Morgan fingerprint density at radius 3 is 2.63 bits per heavy atom. The van der Waals surface area contributed by atoms with Gasteiger partial charge in [-0.15, -0.1) is 5.10 Å². The third-order valence-electron chi connectivity index (χ3n) is 2.80. The first kappa shape index (κ1) is 13.5. The molecule has 0 bridgehead atoms. The van der Waals surface area contributed by atoms with Crippen molar-refractivity contribution in [3.05, 3.63) is 35.7 Å². The van der Waals surface area contributed by atoms with Crippen molar-refractivity contribution >= 4 is 11.7 Å². The normalized spacial score (nSPS) is 11.6. The van der Waals surface area contributed by atoms with Gasteiger partial charge in [0.2, 0.25) is 5.89 Å². The Labute approximate surface area is 113 Å². The summed E-state index contributed by atoms with van der Waals surface area (Å²) in [4.78, 5) is 0. The predicted octanol–water partition coefficient (Wildman–Crippen LogP) is 2.61. The number of rotatable bonds is 4. The van der Waals surface area contributed by atoms with Crippen molar-refractivity contribution in [3.63, 3.8) is 0 Å². The van der Waals surface area contributed by atoms with E-state index in [1.165, 1.54) is 5.56 Å². The van der Waals surface area contributed by atoms with Crippen molar-refractivity contribution < 1.29 is 4.42 Å². The molecular weight excluding hydrogens is 240 g/mol. The van der Waals surface area contributed by atoms with Crippen molar-refractivity contribution in [3.8, 4) is 0 Å².